The van der Waals surface area contributed by atoms with Crippen molar-refractivity contribution in [3.8, 4) is 11.3 Å². The second kappa shape index (κ2) is 8.78. The molecule has 0 aliphatic carbocycles. The molecule has 0 fully saturated rings. The Labute approximate surface area is 182 Å². The van der Waals surface area contributed by atoms with Crippen molar-refractivity contribution in [3.63, 3.8) is 0 Å². The number of rotatable bonds is 6. The fourth-order valence-corrected chi connectivity index (χ4v) is 3.68. The summed E-state index contributed by atoms with van der Waals surface area (Å²) in [7, 11) is 1.72. The Balaban J connectivity index is 1.75. The second-order valence-corrected chi connectivity index (χ2v) is 9.06. The number of amides is 1. The van der Waals surface area contributed by atoms with Crippen molar-refractivity contribution < 1.29 is 18.0 Å². The minimum absolute atomic E-state index is 0.0842. The number of carbonyl (C=O) groups excluding carboxylic acids is 1. The number of aromatic nitrogens is 4. The van der Waals surface area contributed by atoms with Crippen LogP contribution < -0.4 is 5.32 Å². The van der Waals surface area contributed by atoms with Gasteiger partial charge < -0.3 is 9.88 Å². The number of carbonyl (C=O) groups is 1. The van der Waals surface area contributed by atoms with Crippen molar-refractivity contribution in [3.05, 3.63) is 48.3 Å². The number of aryl methyl sites for hydroxylation is 1. The first-order chi connectivity index (χ1) is 14.4. The van der Waals surface area contributed by atoms with E-state index >= 15 is 0 Å². The Morgan fingerprint density at radius 2 is 1.84 bits per heavy atom. The average molecular weight is 452 g/mol. The summed E-state index contributed by atoms with van der Waals surface area (Å²) < 4.78 is 42.2. The Morgan fingerprint density at radius 1 is 1.16 bits per heavy atom. The van der Waals surface area contributed by atoms with E-state index in [0.717, 1.165) is 22.0 Å². The summed E-state index contributed by atoms with van der Waals surface area (Å²) in [6.45, 7) is 4.86. The summed E-state index contributed by atoms with van der Waals surface area (Å²) >= 11 is 0.959. The number of thioether (sulfide) groups is 1. The fourth-order valence-electron chi connectivity index (χ4n) is 2.91. The molecule has 2 aromatic heterocycles. The number of hydrogen-bond acceptors (Lipinski definition) is 4. The predicted molar refractivity (Wildman–Crippen MR) is 115 cm³/mol. The molecule has 0 radical (unpaired) electrons. The van der Waals surface area contributed by atoms with Gasteiger partial charge in [-0.1, -0.05) is 62.9 Å². The Hall–Kier alpha value is -2.75. The van der Waals surface area contributed by atoms with Crippen LogP contribution in [0.1, 0.15) is 26.5 Å². The van der Waals surface area contributed by atoms with Crippen molar-refractivity contribution in [1.29, 1.82) is 0 Å². The molecule has 1 amide bonds. The van der Waals surface area contributed by atoms with Crippen LogP contribution in [0.4, 0.5) is 19.0 Å². The molecule has 0 saturated carbocycles. The highest BCUT2D eigenvalue weighted by Gasteiger charge is 2.31. The third kappa shape index (κ3) is 5.90. The van der Waals surface area contributed by atoms with E-state index in [1.165, 1.54) is 6.20 Å². The van der Waals surface area contributed by atoms with E-state index in [4.69, 9.17) is 0 Å². The van der Waals surface area contributed by atoms with Gasteiger partial charge in [-0.15, -0.1) is 0 Å². The highest BCUT2D eigenvalue weighted by Crippen LogP contribution is 2.30. The van der Waals surface area contributed by atoms with Crippen LogP contribution in [0.2, 0.25) is 0 Å². The van der Waals surface area contributed by atoms with Crippen LogP contribution in [0.5, 0.6) is 0 Å². The lowest BCUT2D eigenvalue weighted by molar-refractivity contribution is -0.141. The van der Waals surface area contributed by atoms with Crippen molar-refractivity contribution in [2.75, 3.05) is 11.1 Å². The summed E-state index contributed by atoms with van der Waals surface area (Å²) in [6, 6.07) is 10.5. The SMILES string of the molecule is Cn1nc(C(C)(C)C)cc1NC(=O)CSc1ncc(-c2ccccc2)n1CC(F)(F)F. The van der Waals surface area contributed by atoms with Gasteiger partial charge in [0.25, 0.3) is 0 Å². The summed E-state index contributed by atoms with van der Waals surface area (Å²) in [4.78, 5) is 16.6. The van der Waals surface area contributed by atoms with Crippen molar-refractivity contribution in [2.45, 2.75) is 44.1 Å². The molecular formula is C21H24F3N5OS. The number of nitrogens with zero attached hydrogens (tertiary/aromatic N) is 4. The normalized spacial score (nSPS) is 12.2. The van der Waals surface area contributed by atoms with E-state index in [-0.39, 0.29) is 22.2 Å². The molecule has 0 atom stereocenters. The molecule has 0 aliphatic rings. The Bertz CT molecular complexity index is 1050. The molecule has 6 nitrogen and oxygen atoms in total. The zero-order chi connectivity index (χ0) is 22.8. The van der Waals surface area contributed by atoms with Crippen LogP contribution in [0, 0.1) is 0 Å². The highest BCUT2D eigenvalue weighted by molar-refractivity contribution is 7.99. The maximum absolute atomic E-state index is 13.2. The molecular weight excluding hydrogens is 427 g/mol. The van der Waals surface area contributed by atoms with Gasteiger partial charge in [0.2, 0.25) is 5.91 Å². The number of nitrogens with one attached hydrogen (secondary N) is 1. The van der Waals surface area contributed by atoms with Crippen molar-refractivity contribution in [1.82, 2.24) is 19.3 Å². The molecule has 2 heterocycles. The van der Waals surface area contributed by atoms with E-state index in [0.29, 0.717) is 17.1 Å². The van der Waals surface area contributed by atoms with E-state index in [1.807, 2.05) is 20.8 Å². The quantitative estimate of drug-likeness (QED) is 0.543. The fraction of sp³-hybridized carbons (Fsp3) is 0.381. The van der Waals surface area contributed by atoms with Gasteiger partial charge in [-0.2, -0.15) is 18.3 Å². The molecule has 0 saturated heterocycles. The first-order valence-corrected chi connectivity index (χ1v) is 10.6. The first-order valence-electron chi connectivity index (χ1n) is 9.59. The minimum Gasteiger partial charge on any atom is -0.310 e. The van der Waals surface area contributed by atoms with Crippen LogP contribution in [-0.2, 0) is 23.8 Å². The standard InChI is InChI=1S/C21H24F3N5OS/c1-20(2,3)16-10-17(28(4)27-16)26-18(30)12-31-19-25-11-15(14-8-6-5-7-9-14)29(19)13-21(22,23)24/h5-11H,12-13H2,1-4H3,(H,26,30). The molecule has 1 aromatic carbocycles. The van der Waals surface area contributed by atoms with Gasteiger partial charge in [-0.3, -0.25) is 9.48 Å². The monoisotopic (exact) mass is 451 g/mol. The summed E-state index contributed by atoms with van der Waals surface area (Å²) in [5.74, 6) is 0.0921. The first kappa shape index (κ1) is 22.9. The third-order valence-corrected chi connectivity index (χ3v) is 5.46. The Morgan fingerprint density at radius 3 is 2.42 bits per heavy atom. The zero-order valence-corrected chi connectivity index (χ0v) is 18.5. The molecule has 0 aliphatic heterocycles. The van der Waals surface area contributed by atoms with Crippen LogP contribution in [0.15, 0.2) is 47.8 Å². The van der Waals surface area contributed by atoms with E-state index < -0.39 is 12.7 Å². The van der Waals surface area contributed by atoms with Gasteiger partial charge >= 0.3 is 6.18 Å². The number of anilines is 1. The van der Waals surface area contributed by atoms with Crippen molar-refractivity contribution >= 4 is 23.5 Å². The largest absolute Gasteiger partial charge is 0.406 e. The average Bonchev–Trinajstić information content (AvgIpc) is 3.23. The molecule has 3 aromatic rings. The number of benzene rings is 1. The van der Waals surface area contributed by atoms with Gasteiger partial charge in [0, 0.05) is 18.5 Å². The summed E-state index contributed by atoms with van der Waals surface area (Å²) in [6.07, 6.45) is -3.02. The van der Waals surface area contributed by atoms with Gasteiger partial charge in [0.05, 0.1) is 23.3 Å². The molecule has 10 heteroatoms. The lowest BCUT2D eigenvalue weighted by Gasteiger charge is -2.14. The molecule has 166 valence electrons. The zero-order valence-electron chi connectivity index (χ0n) is 17.7. The minimum atomic E-state index is -4.42. The smallest absolute Gasteiger partial charge is 0.310 e. The molecule has 0 spiro atoms. The van der Waals surface area contributed by atoms with Gasteiger partial charge in [0.1, 0.15) is 12.4 Å². The van der Waals surface area contributed by atoms with Crippen LogP contribution in [0.25, 0.3) is 11.3 Å². The molecule has 0 unspecified atom stereocenters. The van der Waals surface area contributed by atoms with E-state index in [2.05, 4.69) is 15.4 Å². The topological polar surface area (TPSA) is 64.7 Å². The van der Waals surface area contributed by atoms with Crippen LogP contribution >= 0.6 is 11.8 Å². The van der Waals surface area contributed by atoms with Gasteiger partial charge in [-0.25, -0.2) is 4.98 Å². The van der Waals surface area contributed by atoms with E-state index in [1.54, 1.807) is 48.1 Å². The molecule has 31 heavy (non-hydrogen) atoms. The Kier molecular flexibility index (Phi) is 6.49. The summed E-state index contributed by atoms with van der Waals surface area (Å²) in [5, 5.41) is 7.29. The van der Waals surface area contributed by atoms with Gasteiger partial charge in [-0.05, 0) is 5.56 Å². The number of halogens is 3. The second-order valence-electron chi connectivity index (χ2n) is 8.12. The number of alkyl halides is 3. The lowest BCUT2D eigenvalue weighted by Crippen LogP contribution is -2.20. The van der Waals surface area contributed by atoms with Gasteiger partial charge in [0.15, 0.2) is 5.16 Å². The number of hydrogen-bond donors (Lipinski definition) is 1. The summed E-state index contributed by atoms with van der Waals surface area (Å²) in [5.41, 5.74) is 1.62. The van der Waals surface area contributed by atoms with E-state index in [9.17, 15) is 18.0 Å². The third-order valence-electron chi connectivity index (χ3n) is 4.47. The predicted octanol–water partition coefficient (Wildman–Crippen LogP) is 4.87. The molecule has 1 N–H and O–H groups in total. The van der Waals surface area contributed by atoms with Crippen molar-refractivity contribution in [2.24, 2.45) is 7.05 Å². The van der Waals surface area contributed by atoms with Crippen LogP contribution in [-0.4, -0.2) is 37.2 Å². The highest BCUT2D eigenvalue weighted by atomic mass is 32.2. The maximum atomic E-state index is 13.2. The lowest BCUT2D eigenvalue weighted by atomic mass is 9.92. The number of imidazole rings is 1. The maximum Gasteiger partial charge on any atom is 0.406 e. The molecule has 0 bridgehead atoms. The van der Waals surface area contributed by atoms with Crippen LogP contribution in [0.3, 0.4) is 0 Å². The molecule has 3 rings (SSSR count).